The third-order valence-corrected chi connectivity index (χ3v) is 2.76. The lowest BCUT2D eigenvalue weighted by molar-refractivity contribution is 0.0601. The second-order valence-corrected chi connectivity index (χ2v) is 4.24. The van der Waals surface area contributed by atoms with E-state index >= 15 is 0 Å². The van der Waals surface area contributed by atoms with E-state index in [1.165, 1.54) is 18.9 Å². The van der Waals surface area contributed by atoms with Crippen LogP contribution < -0.4 is 5.73 Å². The van der Waals surface area contributed by atoms with Crippen LogP contribution in [0.2, 0.25) is 0 Å². The average molecular weight is 257 g/mol. The molecule has 5 nitrogen and oxygen atoms in total. The van der Waals surface area contributed by atoms with Gasteiger partial charge in [0.2, 0.25) is 0 Å². The Balaban J connectivity index is 2.20. The second kappa shape index (κ2) is 5.48. The number of carbonyl (C=O) groups excluding carboxylic acids is 1. The van der Waals surface area contributed by atoms with Crippen LogP contribution in [-0.4, -0.2) is 23.0 Å². The molecule has 0 spiro atoms. The first kappa shape index (κ1) is 13.0. The fourth-order valence-electron chi connectivity index (χ4n) is 1.67. The van der Waals surface area contributed by atoms with Crippen LogP contribution in [0, 0.1) is 6.92 Å². The van der Waals surface area contributed by atoms with Crippen LogP contribution in [0.1, 0.15) is 27.3 Å². The van der Waals surface area contributed by atoms with E-state index in [2.05, 4.69) is 14.7 Å². The van der Waals surface area contributed by atoms with Gasteiger partial charge in [0.05, 0.1) is 7.11 Å². The Hall–Kier alpha value is -2.43. The lowest BCUT2D eigenvalue weighted by Gasteiger charge is -2.05. The number of esters is 1. The van der Waals surface area contributed by atoms with Gasteiger partial charge in [-0.1, -0.05) is 29.8 Å². The molecule has 1 aromatic carbocycles. The molecule has 0 aliphatic rings. The van der Waals surface area contributed by atoms with Crippen LogP contribution in [0.25, 0.3) is 0 Å². The number of nitrogens with two attached hydrogens (primary N) is 1. The van der Waals surface area contributed by atoms with E-state index in [-0.39, 0.29) is 11.4 Å². The van der Waals surface area contributed by atoms with Crippen molar-refractivity contribution in [2.75, 3.05) is 12.8 Å². The fraction of sp³-hybridized carbons (Fsp3) is 0.214. The Labute approximate surface area is 111 Å². The van der Waals surface area contributed by atoms with Crippen LogP contribution in [0.3, 0.4) is 0 Å². The van der Waals surface area contributed by atoms with Crippen molar-refractivity contribution in [2.24, 2.45) is 0 Å². The predicted octanol–water partition coefficient (Wildman–Crippen LogP) is 1.74. The molecule has 0 saturated carbocycles. The van der Waals surface area contributed by atoms with Crippen molar-refractivity contribution >= 4 is 11.8 Å². The second-order valence-electron chi connectivity index (χ2n) is 4.24. The minimum Gasteiger partial charge on any atom is -0.465 e. The zero-order valence-electron chi connectivity index (χ0n) is 10.9. The number of ether oxygens (including phenoxy) is 1. The van der Waals surface area contributed by atoms with Gasteiger partial charge in [-0.2, -0.15) is 0 Å². The molecular weight excluding hydrogens is 242 g/mol. The van der Waals surface area contributed by atoms with Crippen LogP contribution in [-0.2, 0) is 11.2 Å². The zero-order chi connectivity index (χ0) is 13.8. The summed E-state index contributed by atoms with van der Waals surface area (Å²) in [6, 6.07) is 8.09. The summed E-state index contributed by atoms with van der Waals surface area (Å²) in [6.45, 7) is 2.03. The summed E-state index contributed by atoms with van der Waals surface area (Å²) in [5, 5.41) is 0. The minimum absolute atomic E-state index is 0.143. The van der Waals surface area contributed by atoms with Crippen molar-refractivity contribution in [3.05, 3.63) is 53.0 Å². The SMILES string of the molecule is COC(=O)c1cnc(Cc2ccc(C)cc2)nc1N. The average Bonchev–Trinajstić information content (AvgIpc) is 2.41. The van der Waals surface area contributed by atoms with Crippen LogP contribution >= 0.6 is 0 Å². The number of aromatic nitrogens is 2. The summed E-state index contributed by atoms with van der Waals surface area (Å²) in [5.41, 5.74) is 8.21. The molecule has 0 bridgehead atoms. The van der Waals surface area contributed by atoms with E-state index in [1.54, 1.807) is 0 Å². The van der Waals surface area contributed by atoms with Gasteiger partial charge in [0, 0.05) is 12.6 Å². The minimum atomic E-state index is -0.528. The molecule has 5 heteroatoms. The molecule has 0 aliphatic carbocycles. The van der Waals surface area contributed by atoms with Crippen molar-refractivity contribution in [3.8, 4) is 0 Å². The van der Waals surface area contributed by atoms with E-state index in [1.807, 2.05) is 31.2 Å². The van der Waals surface area contributed by atoms with Gasteiger partial charge in [-0.05, 0) is 12.5 Å². The summed E-state index contributed by atoms with van der Waals surface area (Å²) in [4.78, 5) is 19.6. The van der Waals surface area contributed by atoms with Crippen molar-refractivity contribution in [1.29, 1.82) is 0 Å². The Morgan fingerprint density at radius 2 is 2.00 bits per heavy atom. The maximum absolute atomic E-state index is 11.4. The van der Waals surface area contributed by atoms with E-state index in [0.717, 1.165) is 5.56 Å². The molecule has 2 aromatic rings. The molecule has 0 amide bonds. The third kappa shape index (κ3) is 3.07. The molecule has 1 heterocycles. The molecule has 0 aliphatic heterocycles. The van der Waals surface area contributed by atoms with Crippen molar-refractivity contribution in [1.82, 2.24) is 9.97 Å². The highest BCUT2D eigenvalue weighted by Gasteiger charge is 2.12. The van der Waals surface area contributed by atoms with Crippen molar-refractivity contribution in [2.45, 2.75) is 13.3 Å². The van der Waals surface area contributed by atoms with Gasteiger partial charge >= 0.3 is 5.97 Å². The Morgan fingerprint density at radius 3 is 2.58 bits per heavy atom. The number of benzene rings is 1. The number of methoxy groups -OCH3 is 1. The normalized spacial score (nSPS) is 10.2. The number of nitrogen functional groups attached to an aromatic ring is 1. The third-order valence-electron chi connectivity index (χ3n) is 2.76. The first-order valence-corrected chi connectivity index (χ1v) is 5.85. The van der Waals surface area contributed by atoms with Gasteiger partial charge in [0.25, 0.3) is 0 Å². The Bertz CT molecular complexity index is 594. The molecule has 0 fully saturated rings. The van der Waals surface area contributed by atoms with Gasteiger partial charge < -0.3 is 10.5 Å². The van der Waals surface area contributed by atoms with Crippen molar-refractivity contribution < 1.29 is 9.53 Å². The number of carbonyl (C=O) groups is 1. The highest BCUT2D eigenvalue weighted by atomic mass is 16.5. The molecule has 2 rings (SSSR count). The monoisotopic (exact) mass is 257 g/mol. The molecule has 2 N–H and O–H groups in total. The van der Waals surface area contributed by atoms with E-state index in [0.29, 0.717) is 12.2 Å². The summed E-state index contributed by atoms with van der Waals surface area (Å²) in [5.74, 6) is 0.192. The molecule has 1 aromatic heterocycles. The van der Waals surface area contributed by atoms with Gasteiger partial charge in [0.15, 0.2) is 0 Å². The number of rotatable bonds is 3. The number of hydrogen-bond donors (Lipinski definition) is 1. The first-order chi connectivity index (χ1) is 9.10. The maximum atomic E-state index is 11.4. The zero-order valence-corrected chi connectivity index (χ0v) is 10.9. The lowest BCUT2D eigenvalue weighted by atomic mass is 10.1. The van der Waals surface area contributed by atoms with E-state index < -0.39 is 5.97 Å². The highest BCUT2D eigenvalue weighted by molar-refractivity contribution is 5.93. The number of aryl methyl sites for hydroxylation is 1. The molecule has 19 heavy (non-hydrogen) atoms. The Kier molecular flexibility index (Phi) is 3.75. The van der Waals surface area contributed by atoms with Gasteiger partial charge in [-0.15, -0.1) is 0 Å². The maximum Gasteiger partial charge on any atom is 0.343 e. The molecule has 0 radical (unpaired) electrons. The van der Waals surface area contributed by atoms with Gasteiger partial charge in [-0.3, -0.25) is 0 Å². The van der Waals surface area contributed by atoms with Crippen LogP contribution in [0.15, 0.2) is 30.5 Å². The number of anilines is 1. The lowest BCUT2D eigenvalue weighted by Crippen LogP contribution is -2.10. The fourth-order valence-corrected chi connectivity index (χ4v) is 1.67. The highest BCUT2D eigenvalue weighted by Crippen LogP contribution is 2.12. The summed E-state index contributed by atoms with van der Waals surface area (Å²) < 4.78 is 4.59. The van der Waals surface area contributed by atoms with Crippen molar-refractivity contribution in [3.63, 3.8) is 0 Å². The quantitative estimate of drug-likeness (QED) is 0.847. The van der Waals surface area contributed by atoms with Gasteiger partial charge in [-0.25, -0.2) is 14.8 Å². The summed E-state index contributed by atoms with van der Waals surface area (Å²) >= 11 is 0. The molecule has 0 unspecified atom stereocenters. The van der Waals surface area contributed by atoms with E-state index in [9.17, 15) is 4.79 Å². The van der Waals surface area contributed by atoms with Gasteiger partial charge in [0.1, 0.15) is 17.2 Å². The smallest absolute Gasteiger partial charge is 0.343 e. The standard InChI is InChI=1S/C14H15N3O2/c1-9-3-5-10(6-4-9)7-12-16-8-11(13(15)17-12)14(18)19-2/h3-6,8H,7H2,1-2H3,(H2,15,16,17). The first-order valence-electron chi connectivity index (χ1n) is 5.85. The number of nitrogens with zero attached hydrogens (tertiary/aromatic N) is 2. The predicted molar refractivity (Wildman–Crippen MR) is 71.8 cm³/mol. The van der Waals surface area contributed by atoms with E-state index in [4.69, 9.17) is 5.73 Å². The largest absolute Gasteiger partial charge is 0.465 e. The van der Waals surface area contributed by atoms with Crippen LogP contribution in [0.4, 0.5) is 5.82 Å². The summed E-state index contributed by atoms with van der Waals surface area (Å²) in [7, 11) is 1.29. The molecular formula is C14H15N3O2. The Morgan fingerprint density at radius 1 is 1.32 bits per heavy atom. The molecule has 98 valence electrons. The van der Waals surface area contributed by atoms with Crippen LogP contribution in [0.5, 0.6) is 0 Å². The topological polar surface area (TPSA) is 78.1 Å². The number of hydrogen-bond acceptors (Lipinski definition) is 5. The summed E-state index contributed by atoms with van der Waals surface area (Å²) in [6.07, 6.45) is 1.98. The molecule has 0 saturated heterocycles. The molecule has 0 atom stereocenters.